The molecule has 0 heterocycles. The van der Waals surface area contributed by atoms with Crippen molar-refractivity contribution in [1.82, 2.24) is 0 Å². The lowest BCUT2D eigenvalue weighted by molar-refractivity contribution is -0.114. The third-order valence-corrected chi connectivity index (χ3v) is 3.98. The molecule has 0 saturated carbocycles. The molecule has 0 radical (unpaired) electrons. The molecule has 1 aromatic carbocycles. The van der Waals surface area contributed by atoms with Crippen molar-refractivity contribution in [2.24, 2.45) is 0 Å². The third-order valence-electron chi connectivity index (χ3n) is 2.93. The molecule has 1 amide bonds. The molecule has 2 N–H and O–H groups in total. The molecule has 0 saturated heterocycles. The highest BCUT2D eigenvalue weighted by Crippen LogP contribution is 2.32. The Hall–Kier alpha value is -1.62. The average Bonchev–Trinajstić information content (AvgIpc) is 2.52. The van der Waals surface area contributed by atoms with E-state index in [9.17, 15) is 22.4 Å². The summed E-state index contributed by atoms with van der Waals surface area (Å²) in [5.41, 5.74) is -1.85. The standard InChI is InChI=1S/C16H14ClF4IN2O2/c1-8(2)7-26-14-4-13(12(18)3-11(14)17)24-15(25)9(5-22)10(6-23)16(19,20)21/h3-4,6,23H,1,5,7H2,2H3,(H,24,25)/b10-9+,23-6?. The molecule has 0 fully saturated rings. The molecular formula is C16H14ClF4IN2O2. The molecular weight excluding hydrogens is 491 g/mol. The number of carbonyl (C=O) groups excluding carboxylic acids is 1. The lowest BCUT2D eigenvalue weighted by Crippen LogP contribution is -2.24. The highest BCUT2D eigenvalue weighted by Gasteiger charge is 2.36. The molecule has 0 aliphatic carbocycles. The zero-order chi connectivity index (χ0) is 20.1. The highest BCUT2D eigenvalue weighted by atomic mass is 127. The predicted octanol–water partition coefficient (Wildman–Crippen LogP) is 5.32. The molecule has 26 heavy (non-hydrogen) atoms. The fraction of sp³-hybridized carbons (Fsp3) is 0.250. The van der Waals surface area contributed by atoms with E-state index in [1.807, 2.05) is 0 Å². The van der Waals surface area contributed by atoms with Crippen LogP contribution < -0.4 is 10.1 Å². The van der Waals surface area contributed by atoms with Crippen LogP contribution >= 0.6 is 34.2 Å². The van der Waals surface area contributed by atoms with Crippen LogP contribution in [0.4, 0.5) is 23.2 Å². The molecule has 0 atom stereocenters. The van der Waals surface area contributed by atoms with Gasteiger partial charge in [0.25, 0.3) is 5.91 Å². The van der Waals surface area contributed by atoms with Crippen molar-refractivity contribution >= 4 is 52.0 Å². The summed E-state index contributed by atoms with van der Waals surface area (Å²) >= 11 is 7.40. The van der Waals surface area contributed by atoms with Gasteiger partial charge in [0, 0.05) is 22.3 Å². The monoisotopic (exact) mass is 504 g/mol. The van der Waals surface area contributed by atoms with Gasteiger partial charge < -0.3 is 15.5 Å². The van der Waals surface area contributed by atoms with E-state index >= 15 is 0 Å². The van der Waals surface area contributed by atoms with Crippen LogP contribution in [0.1, 0.15) is 6.92 Å². The Balaban J connectivity index is 3.22. The first-order valence-electron chi connectivity index (χ1n) is 6.95. The van der Waals surface area contributed by atoms with Gasteiger partial charge >= 0.3 is 6.18 Å². The second kappa shape index (κ2) is 9.36. The maximum absolute atomic E-state index is 14.0. The van der Waals surface area contributed by atoms with Crippen molar-refractivity contribution in [3.8, 4) is 5.75 Å². The molecule has 1 rings (SSSR count). The first-order valence-corrected chi connectivity index (χ1v) is 8.86. The minimum Gasteiger partial charge on any atom is -0.488 e. The smallest absolute Gasteiger partial charge is 0.418 e. The number of benzene rings is 1. The van der Waals surface area contributed by atoms with Crippen LogP contribution in [0.2, 0.25) is 5.02 Å². The Morgan fingerprint density at radius 3 is 2.54 bits per heavy atom. The van der Waals surface area contributed by atoms with E-state index in [0.717, 1.165) is 12.1 Å². The number of anilines is 1. The maximum atomic E-state index is 14.0. The molecule has 10 heteroatoms. The van der Waals surface area contributed by atoms with Gasteiger partial charge in [-0.05, 0) is 18.6 Å². The van der Waals surface area contributed by atoms with E-state index < -0.39 is 34.7 Å². The summed E-state index contributed by atoms with van der Waals surface area (Å²) in [6.45, 7) is 5.40. The summed E-state index contributed by atoms with van der Waals surface area (Å²) in [5, 5.41) is 8.91. The lowest BCUT2D eigenvalue weighted by atomic mass is 10.1. The normalized spacial score (nSPS) is 12.3. The van der Waals surface area contributed by atoms with Gasteiger partial charge in [0.05, 0.1) is 16.3 Å². The van der Waals surface area contributed by atoms with Gasteiger partial charge in [0.15, 0.2) is 0 Å². The van der Waals surface area contributed by atoms with Crippen molar-refractivity contribution in [1.29, 1.82) is 5.41 Å². The molecule has 0 aromatic heterocycles. The van der Waals surface area contributed by atoms with Crippen LogP contribution in [0.25, 0.3) is 0 Å². The largest absolute Gasteiger partial charge is 0.488 e. The molecule has 0 bridgehead atoms. The fourth-order valence-corrected chi connectivity index (χ4v) is 2.69. The van der Waals surface area contributed by atoms with Crippen molar-refractivity contribution < 1.29 is 27.1 Å². The minimum absolute atomic E-state index is 0.0365. The maximum Gasteiger partial charge on any atom is 0.418 e. The Labute approximate surface area is 165 Å². The van der Waals surface area contributed by atoms with Crippen molar-refractivity contribution in [2.75, 3.05) is 16.4 Å². The molecule has 0 spiro atoms. The zero-order valence-electron chi connectivity index (χ0n) is 13.4. The SMILES string of the molecule is C=C(C)COc1cc(NC(=O)/C(CI)=C(\C=N)C(F)(F)F)c(F)cc1Cl. The Kier molecular flexibility index (Phi) is 8.07. The van der Waals surface area contributed by atoms with Crippen LogP contribution in [0.5, 0.6) is 5.75 Å². The van der Waals surface area contributed by atoms with E-state index in [0.29, 0.717) is 5.57 Å². The van der Waals surface area contributed by atoms with Crippen molar-refractivity contribution in [3.63, 3.8) is 0 Å². The van der Waals surface area contributed by atoms with E-state index in [-0.39, 0.29) is 28.0 Å². The highest BCUT2D eigenvalue weighted by molar-refractivity contribution is 14.1. The number of halogens is 6. The minimum atomic E-state index is -4.88. The second-order valence-electron chi connectivity index (χ2n) is 5.13. The third kappa shape index (κ3) is 5.97. The van der Waals surface area contributed by atoms with E-state index in [1.165, 1.54) is 0 Å². The number of amides is 1. The molecule has 1 aromatic rings. The summed E-state index contributed by atoms with van der Waals surface area (Å²) in [6, 6.07) is 1.95. The van der Waals surface area contributed by atoms with Gasteiger partial charge in [-0.1, -0.05) is 40.8 Å². The van der Waals surface area contributed by atoms with Crippen LogP contribution in [0.15, 0.2) is 35.4 Å². The summed E-state index contributed by atoms with van der Waals surface area (Å²) in [4.78, 5) is 12.2. The topological polar surface area (TPSA) is 62.2 Å². The number of nitrogens with one attached hydrogen (secondary N) is 2. The second-order valence-corrected chi connectivity index (χ2v) is 6.30. The van der Waals surface area contributed by atoms with Gasteiger partial charge in [0.1, 0.15) is 18.2 Å². The summed E-state index contributed by atoms with van der Waals surface area (Å²) in [6.07, 6.45) is -4.83. The number of carbonyl (C=O) groups is 1. The number of rotatable bonds is 7. The van der Waals surface area contributed by atoms with Gasteiger partial charge in [0.2, 0.25) is 0 Å². The van der Waals surface area contributed by atoms with Gasteiger partial charge in [-0.3, -0.25) is 4.79 Å². The van der Waals surface area contributed by atoms with Gasteiger partial charge in [-0.15, -0.1) is 0 Å². The summed E-state index contributed by atoms with van der Waals surface area (Å²) < 4.78 is 57.7. The van der Waals surface area contributed by atoms with Crippen LogP contribution in [0.3, 0.4) is 0 Å². The number of ether oxygens (including phenoxy) is 1. The van der Waals surface area contributed by atoms with Crippen molar-refractivity contribution in [2.45, 2.75) is 13.1 Å². The van der Waals surface area contributed by atoms with Gasteiger partial charge in [-0.2, -0.15) is 13.2 Å². The average molecular weight is 505 g/mol. The predicted molar refractivity (Wildman–Crippen MR) is 101 cm³/mol. The van der Waals surface area contributed by atoms with E-state index in [2.05, 4.69) is 11.9 Å². The van der Waals surface area contributed by atoms with Crippen LogP contribution in [-0.4, -0.2) is 29.3 Å². The van der Waals surface area contributed by atoms with E-state index in [4.69, 9.17) is 21.7 Å². The Bertz CT molecular complexity index is 763. The molecule has 0 aliphatic heterocycles. The summed E-state index contributed by atoms with van der Waals surface area (Å²) in [7, 11) is 0. The number of alkyl halides is 4. The number of hydrogen-bond donors (Lipinski definition) is 2. The first-order chi connectivity index (χ1) is 12.0. The zero-order valence-corrected chi connectivity index (χ0v) is 16.4. The fourth-order valence-electron chi connectivity index (χ4n) is 1.73. The van der Waals surface area contributed by atoms with Crippen molar-refractivity contribution in [3.05, 3.63) is 46.3 Å². The molecule has 142 valence electrons. The van der Waals surface area contributed by atoms with E-state index in [1.54, 1.807) is 29.5 Å². The molecule has 0 unspecified atom stereocenters. The lowest BCUT2D eigenvalue weighted by Gasteiger charge is -2.15. The van der Waals surface area contributed by atoms with Crippen LogP contribution in [0, 0.1) is 11.2 Å². The van der Waals surface area contributed by atoms with Gasteiger partial charge in [-0.25, -0.2) is 4.39 Å². The Morgan fingerprint density at radius 1 is 1.46 bits per heavy atom. The summed E-state index contributed by atoms with van der Waals surface area (Å²) in [5.74, 6) is -2.08. The first kappa shape index (κ1) is 22.4. The van der Waals surface area contributed by atoms with Crippen LogP contribution in [-0.2, 0) is 4.79 Å². The molecule has 4 nitrogen and oxygen atoms in total. The quantitative estimate of drug-likeness (QED) is 0.132. The Morgan fingerprint density at radius 2 is 2.08 bits per heavy atom. The number of allylic oxidation sites excluding steroid dienone is 1. The molecule has 0 aliphatic rings. The number of hydrogen-bond acceptors (Lipinski definition) is 3.